The maximum atomic E-state index is 5.03. The number of hydrogen-bond acceptors (Lipinski definition) is 3. The second-order valence-corrected chi connectivity index (χ2v) is 4.61. The van der Waals surface area contributed by atoms with E-state index in [0.717, 1.165) is 0 Å². The molecule has 10 heavy (non-hydrogen) atoms. The van der Waals surface area contributed by atoms with Gasteiger partial charge in [-0.1, -0.05) is 24.6 Å². The Kier molecular flexibility index (Phi) is 0.905. The molecule has 2 heterocycles. The molecule has 2 spiro atoms. The van der Waals surface area contributed by atoms with Gasteiger partial charge in [-0.05, 0) is 12.8 Å². The molecule has 2 saturated heterocycles. The van der Waals surface area contributed by atoms with Gasteiger partial charge in [0.25, 0.3) is 5.12 Å². The minimum Gasteiger partial charge on any atom is -0.182 e. The molecule has 3 rings (SSSR count). The fourth-order valence-electron chi connectivity index (χ4n) is 2.16. The zero-order chi connectivity index (χ0) is 6.66. The van der Waals surface area contributed by atoms with Crippen LogP contribution in [0.3, 0.4) is 0 Å². The van der Waals surface area contributed by atoms with Crippen molar-refractivity contribution in [3.8, 4) is 0 Å². The first-order valence-corrected chi connectivity index (χ1v) is 4.86. The lowest BCUT2D eigenvalue weighted by Gasteiger charge is -2.40. The summed E-state index contributed by atoms with van der Waals surface area (Å²) < 4.78 is 0. The second-order valence-electron chi connectivity index (χ2n) is 3.50. The van der Waals surface area contributed by atoms with Crippen LogP contribution in [0.15, 0.2) is 0 Å². The minimum atomic E-state index is -0.135. The van der Waals surface area contributed by atoms with Crippen LogP contribution in [0.25, 0.3) is 0 Å². The summed E-state index contributed by atoms with van der Waals surface area (Å²) in [5.74, 6) is 1.26. The lowest BCUT2D eigenvalue weighted by molar-refractivity contribution is 0.0850. The van der Waals surface area contributed by atoms with Crippen LogP contribution in [0.1, 0.15) is 25.7 Å². The van der Waals surface area contributed by atoms with Crippen molar-refractivity contribution < 1.29 is 9.78 Å². The molecule has 0 atom stereocenters. The molecule has 0 N–H and O–H groups in total. The van der Waals surface area contributed by atoms with E-state index in [0.29, 0.717) is 5.41 Å². The van der Waals surface area contributed by atoms with Crippen molar-refractivity contribution in [2.24, 2.45) is 5.41 Å². The van der Waals surface area contributed by atoms with Crippen LogP contribution in [0.4, 0.5) is 0 Å². The molecule has 0 aromatic heterocycles. The van der Waals surface area contributed by atoms with E-state index >= 15 is 0 Å². The monoisotopic (exact) mass is 158 g/mol. The van der Waals surface area contributed by atoms with Gasteiger partial charge in [0.2, 0.25) is 0 Å². The summed E-state index contributed by atoms with van der Waals surface area (Å²) in [4.78, 5) is 10.1. The molecular weight excluding hydrogens is 148 g/mol. The van der Waals surface area contributed by atoms with E-state index in [2.05, 4.69) is 0 Å². The molecule has 0 radical (unpaired) electrons. The summed E-state index contributed by atoms with van der Waals surface area (Å²) in [5.41, 5.74) is 0.442. The van der Waals surface area contributed by atoms with E-state index in [-0.39, 0.29) is 5.12 Å². The van der Waals surface area contributed by atoms with Crippen molar-refractivity contribution in [2.75, 3.05) is 5.75 Å². The normalized spacial score (nSPS) is 38.4. The highest BCUT2D eigenvalue weighted by Crippen LogP contribution is 2.70. The molecule has 0 aromatic carbocycles. The smallest absolute Gasteiger partial charge is 0.182 e. The van der Waals surface area contributed by atoms with Gasteiger partial charge < -0.3 is 0 Å². The van der Waals surface area contributed by atoms with Crippen molar-refractivity contribution in [1.82, 2.24) is 0 Å². The van der Waals surface area contributed by atoms with Crippen molar-refractivity contribution >= 4 is 11.8 Å². The predicted molar refractivity (Wildman–Crippen MR) is 38.3 cm³/mol. The molecule has 3 fully saturated rings. The van der Waals surface area contributed by atoms with Gasteiger partial charge in [0.1, 0.15) is 0 Å². The van der Waals surface area contributed by atoms with E-state index in [1.165, 1.54) is 31.4 Å². The van der Waals surface area contributed by atoms with Gasteiger partial charge in [0.05, 0.1) is 0 Å². The van der Waals surface area contributed by atoms with Crippen LogP contribution in [-0.2, 0) is 9.78 Å². The summed E-state index contributed by atoms with van der Waals surface area (Å²) >= 11 is 1.83. The highest BCUT2D eigenvalue weighted by atomic mass is 32.2. The Balaban J connectivity index is 1.90. The first kappa shape index (κ1) is 5.86. The van der Waals surface area contributed by atoms with Gasteiger partial charge in [-0.3, -0.25) is 0 Å². The molecule has 0 unspecified atom stereocenters. The third-order valence-electron chi connectivity index (χ3n) is 2.98. The molecular formula is C7H10O2S. The molecule has 2 aliphatic heterocycles. The Morgan fingerprint density at radius 3 is 2.20 bits per heavy atom. The number of rotatable bonds is 0. The van der Waals surface area contributed by atoms with Gasteiger partial charge in [0.15, 0.2) is 0 Å². The zero-order valence-corrected chi connectivity index (χ0v) is 6.58. The maximum absolute atomic E-state index is 5.03. The maximum Gasteiger partial charge on any atom is 0.286 e. The van der Waals surface area contributed by atoms with Crippen LogP contribution in [0, 0.1) is 5.41 Å². The topological polar surface area (TPSA) is 25.1 Å². The van der Waals surface area contributed by atoms with Gasteiger partial charge in [0, 0.05) is 11.2 Å². The Labute approximate surface area is 64.2 Å². The van der Waals surface area contributed by atoms with Crippen molar-refractivity contribution in [2.45, 2.75) is 30.8 Å². The first-order chi connectivity index (χ1) is 4.87. The number of thioether (sulfide) groups is 1. The number of hydrogen-bond donors (Lipinski definition) is 0. The van der Waals surface area contributed by atoms with Gasteiger partial charge in [-0.15, -0.1) is 0 Å². The molecule has 1 saturated carbocycles. The second kappa shape index (κ2) is 1.54. The van der Waals surface area contributed by atoms with Gasteiger partial charge in [-0.25, -0.2) is 0 Å². The highest BCUT2D eigenvalue weighted by molar-refractivity contribution is 8.02. The van der Waals surface area contributed by atoms with E-state index < -0.39 is 0 Å². The molecule has 1 aliphatic carbocycles. The molecule has 0 amide bonds. The quantitative estimate of drug-likeness (QED) is 0.397. The summed E-state index contributed by atoms with van der Waals surface area (Å²) in [7, 11) is 0. The van der Waals surface area contributed by atoms with E-state index in [1.807, 2.05) is 11.8 Å². The Morgan fingerprint density at radius 2 is 1.80 bits per heavy atom. The Bertz CT molecular complexity index is 170. The van der Waals surface area contributed by atoms with Gasteiger partial charge >= 0.3 is 0 Å². The standard InChI is InChI=1S/C7H10O2S/c1-2-4-6(3-1)5-10-7(6)8-9-7/h1-5H2. The molecule has 3 aliphatic rings. The van der Waals surface area contributed by atoms with Crippen LogP contribution < -0.4 is 0 Å². The summed E-state index contributed by atoms with van der Waals surface area (Å²) in [6, 6.07) is 0. The largest absolute Gasteiger partial charge is 0.286 e. The highest BCUT2D eigenvalue weighted by Gasteiger charge is 2.73. The zero-order valence-electron chi connectivity index (χ0n) is 5.76. The first-order valence-electron chi connectivity index (χ1n) is 3.88. The predicted octanol–water partition coefficient (Wildman–Crippen LogP) is 1.91. The van der Waals surface area contributed by atoms with E-state index in [1.54, 1.807) is 0 Å². The summed E-state index contributed by atoms with van der Waals surface area (Å²) in [6.45, 7) is 0. The lowest BCUT2D eigenvalue weighted by atomic mass is 9.87. The van der Waals surface area contributed by atoms with Crippen LogP contribution in [0.5, 0.6) is 0 Å². The van der Waals surface area contributed by atoms with Crippen molar-refractivity contribution in [1.29, 1.82) is 0 Å². The average Bonchev–Trinajstić information content (AvgIpc) is 2.62. The Hall–Kier alpha value is 0.270. The summed E-state index contributed by atoms with van der Waals surface area (Å²) in [6.07, 6.45) is 5.38. The van der Waals surface area contributed by atoms with Crippen molar-refractivity contribution in [3.63, 3.8) is 0 Å². The van der Waals surface area contributed by atoms with Crippen LogP contribution in [-0.4, -0.2) is 10.9 Å². The third kappa shape index (κ3) is 0.477. The molecule has 56 valence electrons. The van der Waals surface area contributed by atoms with E-state index in [9.17, 15) is 0 Å². The van der Waals surface area contributed by atoms with E-state index in [4.69, 9.17) is 9.78 Å². The molecule has 0 aromatic rings. The molecule has 2 nitrogen and oxygen atoms in total. The number of fused-ring (bicyclic) bond motifs is 1. The molecule has 3 heteroatoms. The fourth-order valence-corrected chi connectivity index (χ4v) is 3.57. The average molecular weight is 158 g/mol. The van der Waals surface area contributed by atoms with Crippen molar-refractivity contribution in [3.05, 3.63) is 0 Å². The SMILES string of the molecule is C1CCC2(C1)CSC21OO1. The lowest BCUT2D eigenvalue weighted by Crippen LogP contribution is -2.45. The van der Waals surface area contributed by atoms with Crippen LogP contribution in [0.2, 0.25) is 0 Å². The third-order valence-corrected chi connectivity index (χ3v) is 4.63. The Morgan fingerprint density at radius 1 is 1.10 bits per heavy atom. The minimum absolute atomic E-state index is 0.135. The summed E-state index contributed by atoms with van der Waals surface area (Å²) in [5, 5.41) is -0.135. The fraction of sp³-hybridized carbons (Fsp3) is 1.00. The van der Waals surface area contributed by atoms with Gasteiger partial charge in [-0.2, -0.15) is 9.78 Å². The van der Waals surface area contributed by atoms with Crippen LogP contribution >= 0.6 is 11.8 Å². The molecule has 0 bridgehead atoms.